The van der Waals surface area contributed by atoms with Gasteiger partial charge in [0.15, 0.2) is 5.96 Å². The summed E-state index contributed by atoms with van der Waals surface area (Å²) < 4.78 is 2.02. The number of nitrogens with two attached hydrogens (primary N) is 1. The molecule has 2 rings (SSSR count). The Bertz CT molecular complexity index is 526. The first-order valence-corrected chi connectivity index (χ1v) is 6.72. The first kappa shape index (κ1) is 16.7. The first-order chi connectivity index (χ1) is 9.24. The van der Waals surface area contributed by atoms with Gasteiger partial charge in [0.25, 0.3) is 0 Å². The molecule has 2 heterocycles. The van der Waals surface area contributed by atoms with Gasteiger partial charge in [-0.3, -0.25) is 4.99 Å². The summed E-state index contributed by atoms with van der Waals surface area (Å²) in [6.07, 6.45) is 4.85. The van der Waals surface area contributed by atoms with Crippen molar-refractivity contribution in [2.45, 2.75) is 20.3 Å². The highest BCUT2D eigenvalue weighted by molar-refractivity contribution is 14.0. The van der Waals surface area contributed by atoms with Crippen LogP contribution in [0.15, 0.2) is 35.6 Å². The number of hydrogen-bond donors (Lipinski definition) is 1. The van der Waals surface area contributed by atoms with Crippen molar-refractivity contribution in [1.82, 2.24) is 14.3 Å². The molecule has 6 heteroatoms. The summed E-state index contributed by atoms with van der Waals surface area (Å²) >= 11 is 0. The second-order valence-electron chi connectivity index (χ2n) is 4.36. The zero-order valence-corrected chi connectivity index (χ0v) is 14.3. The van der Waals surface area contributed by atoms with Crippen LogP contribution < -0.4 is 5.73 Å². The SMILES string of the molecule is CCN(CC)C(N)=NCCc1cn2ccccc2n1.I. The number of aromatic nitrogens is 2. The molecule has 0 saturated heterocycles. The average molecular weight is 387 g/mol. The lowest BCUT2D eigenvalue weighted by Gasteiger charge is -2.19. The summed E-state index contributed by atoms with van der Waals surface area (Å²) in [6, 6.07) is 5.98. The fourth-order valence-electron chi connectivity index (χ4n) is 2.04. The quantitative estimate of drug-likeness (QED) is 0.486. The molecule has 0 aliphatic rings. The highest BCUT2D eigenvalue weighted by Gasteiger charge is 2.03. The lowest BCUT2D eigenvalue weighted by Crippen LogP contribution is -2.37. The Morgan fingerprint density at radius 3 is 2.75 bits per heavy atom. The van der Waals surface area contributed by atoms with Crippen molar-refractivity contribution in [3.63, 3.8) is 0 Å². The van der Waals surface area contributed by atoms with Gasteiger partial charge >= 0.3 is 0 Å². The van der Waals surface area contributed by atoms with Crippen LogP contribution in [0.3, 0.4) is 0 Å². The van der Waals surface area contributed by atoms with Crippen molar-refractivity contribution in [2.75, 3.05) is 19.6 Å². The summed E-state index contributed by atoms with van der Waals surface area (Å²) in [7, 11) is 0. The molecule has 0 aliphatic heterocycles. The zero-order valence-electron chi connectivity index (χ0n) is 12.0. The van der Waals surface area contributed by atoms with Crippen LogP contribution in [0, 0.1) is 0 Å². The van der Waals surface area contributed by atoms with E-state index in [4.69, 9.17) is 5.73 Å². The van der Waals surface area contributed by atoms with Crippen molar-refractivity contribution < 1.29 is 0 Å². The second kappa shape index (κ2) is 8.08. The largest absolute Gasteiger partial charge is 0.370 e. The summed E-state index contributed by atoms with van der Waals surface area (Å²) in [4.78, 5) is 11.0. The number of hydrogen-bond acceptors (Lipinski definition) is 2. The standard InChI is InChI=1S/C14H21N5.HI/c1-3-18(4-2)14(15)16-9-8-12-11-19-10-6-5-7-13(19)17-12;/h5-7,10-11H,3-4,8-9H2,1-2H3,(H2,15,16);1H. The molecule has 0 unspecified atom stereocenters. The number of pyridine rings is 1. The van der Waals surface area contributed by atoms with Crippen molar-refractivity contribution in [3.05, 3.63) is 36.3 Å². The predicted octanol–water partition coefficient (Wildman–Crippen LogP) is 2.15. The molecule has 0 amide bonds. The molecule has 110 valence electrons. The van der Waals surface area contributed by atoms with Crippen molar-refractivity contribution in [3.8, 4) is 0 Å². The maximum Gasteiger partial charge on any atom is 0.191 e. The fraction of sp³-hybridized carbons (Fsp3) is 0.429. The molecule has 5 nitrogen and oxygen atoms in total. The number of fused-ring (bicyclic) bond motifs is 1. The third-order valence-corrected chi connectivity index (χ3v) is 3.14. The highest BCUT2D eigenvalue weighted by Crippen LogP contribution is 2.05. The first-order valence-electron chi connectivity index (χ1n) is 6.72. The Morgan fingerprint density at radius 2 is 2.10 bits per heavy atom. The lowest BCUT2D eigenvalue weighted by molar-refractivity contribution is 0.458. The molecule has 0 radical (unpaired) electrons. The molecule has 2 aromatic heterocycles. The van der Waals surface area contributed by atoms with Gasteiger partial charge in [0.05, 0.1) is 5.69 Å². The Kier molecular flexibility index (Phi) is 6.77. The van der Waals surface area contributed by atoms with Gasteiger partial charge in [-0.05, 0) is 26.0 Å². The van der Waals surface area contributed by atoms with Crippen LogP contribution in [-0.4, -0.2) is 39.9 Å². The molecule has 0 saturated carbocycles. The maximum atomic E-state index is 5.93. The van der Waals surface area contributed by atoms with E-state index < -0.39 is 0 Å². The van der Waals surface area contributed by atoms with Crippen LogP contribution in [-0.2, 0) is 6.42 Å². The monoisotopic (exact) mass is 387 g/mol. The number of halogens is 1. The molecule has 0 aromatic carbocycles. The van der Waals surface area contributed by atoms with Gasteiger partial charge < -0.3 is 15.0 Å². The van der Waals surface area contributed by atoms with E-state index in [2.05, 4.69) is 23.8 Å². The number of guanidine groups is 1. The minimum Gasteiger partial charge on any atom is -0.370 e. The van der Waals surface area contributed by atoms with Crippen LogP contribution in [0.4, 0.5) is 0 Å². The minimum absolute atomic E-state index is 0. The van der Waals surface area contributed by atoms with Crippen molar-refractivity contribution in [2.24, 2.45) is 10.7 Å². The van der Waals surface area contributed by atoms with Gasteiger partial charge in [-0.25, -0.2) is 4.98 Å². The van der Waals surface area contributed by atoms with Crippen LogP contribution in [0.5, 0.6) is 0 Å². The molecule has 0 aliphatic carbocycles. The molecular formula is C14H22IN5. The van der Waals surface area contributed by atoms with Gasteiger partial charge in [0.1, 0.15) is 5.65 Å². The Balaban J connectivity index is 0.00000200. The van der Waals surface area contributed by atoms with E-state index in [1.807, 2.05) is 39.9 Å². The van der Waals surface area contributed by atoms with Crippen LogP contribution in [0.1, 0.15) is 19.5 Å². The Morgan fingerprint density at radius 1 is 1.35 bits per heavy atom. The Labute approximate surface area is 136 Å². The van der Waals surface area contributed by atoms with E-state index in [9.17, 15) is 0 Å². The smallest absolute Gasteiger partial charge is 0.191 e. The number of rotatable bonds is 5. The van der Waals surface area contributed by atoms with Gasteiger partial charge in [0, 0.05) is 38.4 Å². The molecule has 2 aromatic rings. The van der Waals surface area contributed by atoms with Gasteiger partial charge in [0.2, 0.25) is 0 Å². The molecular weight excluding hydrogens is 365 g/mol. The summed E-state index contributed by atoms with van der Waals surface area (Å²) in [6.45, 7) is 6.61. The summed E-state index contributed by atoms with van der Waals surface area (Å²) in [5.74, 6) is 0.619. The Hall–Kier alpha value is -1.31. The van der Waals surface area contributed by atoms with E-state index in [-0.39, 0.29) is 24.0 Å². The van der Waals surface area contributed by atoms with E-state index in [1.54, 1.807) is 0 Å². The van der Waals surface area contributed by atoms with Gasteiger partial charge in [-0.1, -0.05) is 6.07 Å². The summed E-state index contributed by atoms with van der Waals surface area (Å²) in [5.41, 5.74) is 7.94. The molecule has 0 bridgehead atoms. The van der Waals surface area contributed by atoms with Crippen LogP contribution in [0.25, 0.3) is 5.65 Å². The van der Waals surface area contributed by atoms with Gasteiger partial charge in [-0.15, -0.1) is 24.0 Å². The zero-order chi connectivity index (χ0) is 13.7. The predicted molar refractivity (Wildman–Crippen MR) is 93.7 cm³/mol. The van der Waals surface area contributed by atoms with E-state index >= 15 is 0 Å². The van der Waals surface area contributed by atoms with Crippen LogP contribution >= 0.6 is 24.0 Å². The lowest BCUT2D eigenvalue weighted by atomic mass is 10.3. The molecule has 0 fully saturated rings. The van der Waals surface area contributed by atoms with Crippen molar-refractivity contribution in [1.29, 1.82) is 0 Å². The molecule has 0 spiro atoms. The van der Waals surface area contributed by atoms with E-state index in [0.29, 0.717) is 12.5 Å². The van der Waals surface area contributed by atoms with E-state index in [0.717, 1.165) is 30.9 Å². The topological polar surface area (TPSA) is 58.9 Å². The third kappa shape index (κ3) is 4.09. The van der Waals surface area contributed by atoms with E-state index in [1.165, 1.54) is 0 Å². The summed E-state index contributed by atoms with van der Waals surface area (Å²) in [5, 5.41) is 0. The van der Waals surface area contributed by atoms with Gasteiger partial charge in [-0.2, -0.15) is 0 Å². The second-order valence-corrected chi connectivity index (χ2v) is 4.36. The average Bonchev–Trinajstić information content (AvgIpc) is 2.82. The van der Waals surface area contributed by atoms with Crippen LogP contribution in [0.2, 0.25) is 0 Å². The fourth-order valence-corrected chi connectivity index (χ4v) is 2.04. The number of nitrogens with zero attached hydrogens (tertiary/aromatic N) is 4. The maximum absolute atomic E-state index is 5.93. The highest BCUT2D eigenvalue weighted by atomic mass is 127. The molecule has 0 atom stereocenters. The third-order valence-electron chi connectivity index (χ3n) is 3.14. The van der Waals surface area contributed by atoms with Crippen molar-refractivity contribution >= 4 is 35.6 Å². The minimum atomic E-state index is 0. The number of aliphatic imine (C=N–C) groups is 1. The normalized spacial score (nSPS) is 11.4. The molecule has 20 heavy (non-hydrogen) atoms. The number of imidazole rings is 1. The molecule has 2 N–H and O–H groups in total.